The van der Waals surface area contributed by atoms with E-state index in [2.05, 4.69) is 10.3 Å². The van der Waals surface area contributed by atoms with E-state index < -0.39 is 23.7 Å². The minimum atomic E-state index is -4.58. The number of pyridine rings is 1. The summed E-state index contributed by atoms with van der Waals surface area (Å²) in [5.74, 6) is -0.358. The number of nitrogens with one attached hydrogen (secondary N) is 1. The molecule has 0 spiro atoms. The number of alkyl halides is 3. The van der Waals surface area contributed by atoms with Crippen molar-refractivity contribution in [1.82, 2.24) is 10.3 Å². The van der Waals surface area contributed by atoms with Gasteiger partial charge in [0, 0.05) is 38.4 Å². The summed E-state index contributed by atoms with van der Waals surface area (Å²) in [6.07, 6.45) is -4.96. The highest BCUT2D eigenvalue weighted by Gasteiger charge is 2.36. The molecule has 0 aliphatic carbocycles. The van der Waals surface area contributed by atoms with Gasteiger partial charge >= 0.3 is 12.3 Å². The van der Waals surface area contributed by atoms with E-state index in [4.69, 9.17) is 10.5 Å². The molecule has 1 saturated heterocycles. The summed E-state index contributed by atoms with van der Waals surface area (Å²) in [4.78, 5) is 28.8. The summed E-state index contributed by atoms with van der Waals surface area (Å²) in [7, 11) is 1.41. The Balaban J connectivity index is 1.98. The average molecular weight is 402 g/mol. The van der Waals surface area contributed by atoms with Crippen molar-refractivity contribution in [2.24, 2.45) is 5.73 Å². The average Bonchev–Trinajstić information content (AvgIpc) is 3.03. The van der Waals surface area contributed by atoms with Crippen LogP contribution in [-0.2, 0) is 10.9 Å². The van der Waals surface area contributed by atoms with Crippen LogP contribution in [0.15, 0.2) is 11.4 Å². The number of piperidine rings is 1. The number of hydrogen-bond acceptors (Lipinski definition) is 6. The molecule has 3 rings (SSSR count). The lowest BCUT2D eigenvalue weighted by atomic mass is 10.1. The van der Waals surface area contributed by atoms with Crippen molar-refractivity contribution in [3.05, 3.63) is 22.6 Å². The second-order valence-corrected chi connectivity index (χ2v) is 6.93. The second-order valence-electron chi connectivity index (χ2n) is 6.06. The highest BCUT2D eigenvalue weighted by Crippen LogP contribution is 2.40. The van der Waals surface area contributed by atoms with Gasteiger partial charge in [-0.1, -0.05) is 0 Å². The maximum Gasteiger partial charge on any atom is 0.417 e. The fourth-order valence-corrected chi connectivity index (χ4v) is 4.05. The molecule has 0 bridgehead atoms. The SMILES string of the molecule is CNC(=O)c1csc2c(C(F)(F)F)cc(N3CCC(OC(N)=O)CC3)nc12. The molecule has 0 unspecified atom stereocenters. The van der Waals surface area contributed by atoms with E-state index in [1.54, 1.807) is 4.90 Å². The van der Waals surface area contributed by atoms with Crippen molar-refractivity contribution in [2.45, 2.75) is 25.1 Å². The number of primary amides is 1. The van der Waals surface area contributed by atoms with Crippen molar-refractivity contribution in [2.75, 3.05) is 25.0 Å². The van der Waals surface area contributed by atoms with Gasteiger partial charge in [-0.25, -0.2) is 9.78 Å². The zero-order valence-corrected chi connectivity index (χ0v) is 15.1. The number of anilines is 1. The van der Waals surface area contributed by atoms with Gasteiger partial charge in [0.05, 0.1) is 21.3 Å². The summed E-state index contributed by atoms with van der Waals surface area (Å²) >= 11 is 0.840. The van der Waals surface area contributed by atoms with Gasteiger partial charge in [0.1, 0.15) is 11.9 Å². The summed E-state index contributed by atoms with van der Waals surface area (Å²) in [5, 5.41) is 3.79. The number of ether oxygens (including phenoxy) is 1. The van der Waals surface area contributed by atoms with Gasteiger partial charge in [0.2, 0.25) is 0 Å². The summed E-state index contributed by atoms with van der Waals surface area (Å²) in [6.45, 7) is 0.709. The number of carbonyl (C=O) groups is 2. The molecule has 1 fully saturated rings. The lowest BCUT2D eigenvalue weighted by Crippen LogP contribution is -2.39. The topological polar surface area (TPSA) is 97.5 Å². The first-order valence-electron chi connectivity index (χ1n) is 8.13. The third kappa shape index (κ3) is 3.92. The van der Waals surface area contributed by atoms with Crippen LogP contribution in [0.4, 0.5) is 23.8 Å². The number of rotatable bonds is 3. The molecule has 11 heteroatoms. The molecule has 146 valence electrons. The standard InChI is InChI=1S/C16H17F3N4O3S/c1-21-14(24)9-7-27-13-10(16(17,18)19)6-11(22-12(9)13)23-4-2-8(3-5-23)26-15(20)25/h6-8H,2-5H2,1H3,(H2,20,25)(H,21,24). The number of aromatic nitrogens is 1. The van der Waals surface area contributed by atoms with Gasteiger partial charge in [-0.3, -0.25) is 4.79 Å². The van der Waals surface area contributed by atoms with Gasteiger partial charge in [0.25, 0.3) is 5.91 Å². The van der Waals surface area contributed by atoms with Gasteiger partial charge in [-0.2, -0.15) is 13.2 Å². The minimum absolute atomic E-state index is 0.0275. The molecule has 3 heterocycles. The Morgan fingerprint density at radius 1 is 1.37 bits per heavy atom. The Morgan fingerprint density at radius 2 is 2.04 bits per heavy atom. The zero-order chi connectivity index (χ0) is 19.8. The third-order valence-electron chi connectivity index (χ3n) is 4.34. The Kier molecular flexibility index (Phi) is 5.13. The largest absolute Gasteiger partial charge is 0.446 e. The first-order chi connectivity index (χ1) is 12.7. The van der Waals surface area contributed by atoms with Crippen LogP contribution in [0.5, 0.6) is 0 Å². The lowest BCUT2D eigenvalue weighted by Gasteiger charge is -2.32. The predicted octanol–water partition coefficient (Wildman–Crippen LogP) is 2.74. The molecule has 2 aromatic rings. The fourth-order valence-electron chi connectivity index (χ4n) is 3.03. The number of nitrogens with zero attached hydrogens (tertiary/aromatic N) is 2. The molecule has 3 N–H and O–H groups in total. The van der Waals surface area contributed by atoms with Crippen LogP contribution in [0, 0.1) is 0 Å². The monoisotopic (exact) mass is 402 g/mol. The summed E-state index contributed by atoms with van der Waals surface area (Å²) in [5.41, 5.74) is 4.31. The van der Waals surface area contributed by atoms with Crippen molar-refractivity contribution in [3.63, 3.8) is 0 Å². The zero-order valence-electron chi connectivity index (χ0n) is 14.3. The van der Waals surface area contributed by atoms with Crippen LogP contribution >= 0.6 is 11.3 Å². The first-order valence-corrected chi connectivity index (χ1v) is 9.01. The molecular formula is C16H17F3N4O3S. The minimum Gasteiger partial charge on any atom is -0.446 e. The van der Waals surface area contributed by atoms with E-state index in [0.717, 1.165) is 17.4 Å². The van der Waals surface area contributed by atoms with E-state index in [9.17, 15) is 22.8 Å². The molecule has 1 aliphatic rings. The maximum atomic E-state index is 13.6. The van der Waals surface area contributed by atoms with E-state index in [0.29, 0.717) is 25.9 Å². The molecule has 0 aromatic carbocycles. The highest BCUT2D eigenvalue weighted by atomic mass is 32.1. The van der Waals surface area contributed by atoms with Crippen molar-refractivity contribution < 1.29 is 27.5 Å². The molecule has 0 saturated carbocycles. The lowest BCUT2D eigenvalue weighted by molar-refractivity contribution is -0.136. The van der Waals surface area contributed by atoms with E-state index in [1.807, 2.05) is 0 Å². The van der Waals surface area contributed by atoms with Gasteiger partial charge in [0.15, 0.2) is 0 Å². The quantitative estimate of drug-likeness (QED) is 0.823. The van der Waals surface area contributed by atoms with Crippen molar-refractivity contribution >= 4 is 39.4 Å². The molecule has 0 atom stereocenters. The fraction of sp³-hybridized carbons (Fsp3) is 0.438. The number of thiophene rings is 1. The van der Waals surface area contributed by atoms with Crippen molar-refractivity contribution in [3.8, 4) is 0 Å². The van der Waals surface area contributed by atoms with E-state index in [1.165, 1.54) is 12.4 Å². The van der Waals surface area contributed by atoms with Crippen molar-refractivity contribution in [1.29, 1.82) is 0 Å². The summed E-state index contributed by atoms with van der Waals surface area (Å²) in [6, 6.07) is 1.00. The molecule has 0 radical (unpaired) electrons. The third-order valence-corrected chi connectivity index (χ3v) is 5.34. The van der Waals surface area contributed by atoms with E-state index in [-0.39, 0.29) is 27.7 Å². The van der Waals surface area contributed by atoms with Crippen LogP contribution < -0.4 is 16.0 Å². The molecule has 27 heavy (non-hydrogen) atoms. The predicted molar refractivity (Wildman–Crippen MR) is 93.9 cm³/mol. The molecule has 2 aromatic heterocycles. The van der Waals surface area contributed by atoms with Crippen LogP contribution in [-0.4, -0.2) is 43.2 Å². The van der Waals surface area contributed by atoms with Gasteiger partial charge in [-0.05, 0) is 6.07 Å². The summed E-state index contributed by atoms with van der Waals surface area (Å²) < 4.78 is 45.5. The molecular weight excluding hydrogens is 385 g/mol. The Hall–Kier alpha value is -2.56. The number of halogens is 3. The Bertz CT molecular complexity index is 876. The number of carbonyl (C=O) groups excluding carboxylic acids is 2. The first kappa shape index (κ1) is 19.2. The molecule has 2 amide bonds. The number of hydrogen-bond donors (Lipinski definition) is 2. The van der Waals surface area contributed by atoms with Crippen LogP contribution in [0.25, 0.3) is 10.2 Å². The second kappa shape index (κ2) is 7.22. The normalized spacial score (nSPS) is 15.8. The smallest absolute Gasteiger partial charge is 0.417 e. The van der Waals surface area contributed by atoms with Gasteiger partial charge in [-0.15, -0.1) is 11.3 Å². The van der Waals surface area contributed by atoms with Crippen LogP contribution in [0.1, 0.15) is 28.8 Å². The Morgan fingerprint density at radius 3 is 2.59 bits per heavy atom. The Labute approximate surface area is 156 Å². The highest BCUT2D eigenvalue weighted by molar-refractivity contribution is 7.17. The molecule has 1 aliphatic heterocycles. The van der Waals surface area contributed by atoms with Crippen LogP contribution in [0.2, 0.25) is 0 Å². The number of nitrogens with two attached hydrogens (primary N) is 1. The van der Waals surface area contributed by atoms with Crippen LogP contribution in [0.3, 0.4) is 0 Å². The number of amides is 2. The molecule has 7 nitrogen and oxygen atoms in total. The maximum absolute atomic E-state index is 13.6. The van der Waals surface area contributed by atoms with E-state index >= 15 is 0 Å². The number of fused-ring (bicyclic) bond motifs is 1. The van der Waals surface area contributed by atoms with Gasteiger partial charge < -0.3 is 20.7 Å².